The van der Waals surface area contributed by atoms with Crippen molar-refractivity contribution in [3.8, 4) is 0 Å². The van der Waals surface area contributed by atoms with Crippen molar-refractivity contribution in [2.75, 3.05) is 6.54 Å². The summed E-state index contributed by atoms with van der Waals surface area (Å²) in [5.74, 6) is -0.231. The van der Waals surface area contributed by atoms with E-state index in [0.29, 0.717) is 5.56 Å². The number of rotatable bonds is 2. The monoisotopic (exact) mass is 334 g/mol. The number of aromatic nitrogens is 1. The zero-order valence-corrected chi connectivity index (χ0v) is 13.9. The molecule has 3 nitrogen and oxygen atoms in total. The number of piperidine rings is 1. The predicted molar refractivity (Wildman–Crippen MR) is 95.8 cm³/mol. The molecule has 1 saturated heterocycles. The van der Waals surface area contributed by atoms with Crippen molar-refractivity contribution in [1.29, 1.82) is 0 Å². The lowest BCUT2D eigenvalue weighted by Crippen LogP contribution is -2.38. The Kier molecular flexibility index (Phi) is 4.18. The molecule has 4 rings (SSSR count). The third-order valence-electron chi connectivity index (χ3n) is 4.90. The van der Waals surface area contributed by atoms with Gasteiger partial charge in [-0.15, -0.1) is 0 Å². The first kappa shape index (κ1) is 15.8. The fourth-order valence-electron chi connectivity index (χ4n) is 3.64. The smallest absolute Gasteiger partial charge is 0.255 e. The van der Waals surface area contributed by atoms with E-state index in [4.69, 9.17) is 0 Å². The van der Waals surface area contributed by atoms with Crippen molar-refractivity contribution in [1.82, 2.24) is 9.88 Å². The second kappa shape index (κ2) is 6.63. The molecule has 0 aliphatic carbocycles. The van der Waals surface area contributed by atoms with Gasteiger partial charge in [0.2, 0.25) is 0 Å². The van der Waals surface area contributed by atoms with Gasteiger partial charge in [0.1, 0.15) is 5.82 Å². The maximum Gasteiger partial charge on any atom is 0.255 e. The lowest BCUT2D eigenvalue weighted by molar-refractivity contribution is 0.0613. The van der Waals surface area contributed by atoms with E-state index in [2.05, 4.69) is 4.98 Å². The molecule has 1 amide bonds. The molecule has 0 unspecified atom stereocenters. The molecule has 0 bridgehead atoms. The molecular formula is C21H19FN2O. The van der Waals surface area contributed by atoms with Gasteiger partial charge in [-0.2, -0.15) is 0 Å². The zero-order chi connectivity index (χ0) is 17.2. The molecule has 1 fully saturated rings. The van der Waals surface area contributed by atoms with E-state index in [-0.39, 0.29) is 17.8 Å². The first-order valence-corrected chi connectivity index (χ1v) is 8.64. The summed E-state index contributed by atoms with van der Waals surface area (Å²) >= 11 is 0. The van der Waals surface area contributed by atoms with Crippen LogP contribution in [0.3, 0.4) is 0 Å². The number of nitrogens with zero attached hydrogens (tertiary/aromatic N) is 2. The molecule has 1 atom stereocenters. The molecule has 1 aliphatic rings. The van der Waals surface area contributed by atoms with Crippen LogP contribution in [0, 0.1) is 5.82 Å². The largest absolute Gasteiger partial charge is 0.332 e. The van der Waals surface area contributed by atoms with Crippen molar-refractivity contribution in [3.05, 3.63) is 77.7 Å². The number of benzene rings is 2. The van der Waals surface area contributed by atoms with Crippen LogP contribution >= 0.6 is 0 Å². The molecule has 3 aromatic rings. The van der Waals surface area contributed by atoms with Gasteiger partial charge in [0.05, 0.1) is 17.1 Å². The highest BCUT2D eigenvalue weighted by molar-refractivity contribution is 6.06. The summed E-state index contributed by atoms with van der Waals surface area (Å²) in [6.45, 7) is 0.720. The first-order chi connectivity index (χ1) is 12.2. The fourth-order valence-corrected chi connectivity index (χ4v) is 3.64. The molecular weight excluding hydrogens is 315 g/mol. The van der Waals surface area contributed by atoms with E-state index in [9.17, 15) is 9.18 Å². The summed E-state index contributed by atoms with van der Waals surface area (Å²) in [4.78, 5) is 19.6. The summed E-state index contributed by atoms with van der Waals surface area (Å²) in [6.07, 6.45) is 4.65. The number of amides is 1. The summed E-state index contributed by atoms with van der Waals surface area (Å²) in [5.41, 5.74) is 2.50. The summed E-state index contributed by atoms with van der Waals surface area (Å²) in [6, 6.07) is 16.0. The highest BCUT2D eigenvalue weighted by atomic mass is 19.1. The summed E-state index contributed by atoms with van der Waals surface area (Å²) < 4.78 is 13.3. The fraction of sp³-hybridized carbons (Fsp3) is 0.238. The summed E-state index contributed by atoms with van der Waals surface area (Å²) in [7, 11) is 0. The third kappa shape index (κ3) is 3.00. The van der Waals surface area contributed by atoms with Gasteiger partial charge < -0.3 is 4.90 Å². The van der Waals surface area contributed by atoms with Gasteiger partial charge >= 0.3 is 0 Å². The van der Waals surface area contributed by atoms with Gasteiger partial charge in [-0.3, -0.25) is 9.78 Å². The normalized spacial score (nSPS) is 17.6. The van der Waals surface area contributed by atoms with Gasteiger partial charge in [0.15, 0.2) is 0 Å². The average molecular weight is 334 g/mol. The number of carbonyl (C=O) groups is 1. The van der Waals surface area contributed by atoms with Crippen LogP contribution in [-0.2, 0) is 0 Å². The molecule has 0 radical (unpaired) electrons. The van der Waals surface area contributed by atoms with E-state index in [0.717, 1.165) is 42.3 Å². The number of likely N-dealkylation sites (tertiary alicyclic amines) is 1. The Morgan fingerprint density at radius 3 is 2.68 bits per heavy atom. The zero-order valence-electron chi connectivity index (χ0n) is 13.9. The number of hydrogen-bond donors (Lipinski definition) is 0. The first-order valence-electron chi connectivity index (χ1n) is 8.64. The van der Waals surface area contributed by atoms with Crippen molar-refractivity contribution < 1.29 is 9.18 Å². The highest BCUT2D eigenvalue weighted by Crippen LogP contribution is 2.33. The standard InChI is InChI=1S/C21H19FN2O/c22-16-10-8-15(9-11-16)20-7-3-4-14-24(20)21(25)18-12-13-23-19-6-2-1-5-17(18)19/h1-2,5-6,8-13,20H,3-4,7,14H2/t20-/m1/s1. The molecule has 0 saturated carbocycles. The van der Waals surface area contributed by atoms with E-state index in [1.54, 1.807) is 24.4 Å². The number of halogens is 1. The topological polar surface area (TPSA) is 33.2 Å². The number of para-hydroxylation sites is 1. The van der Waals surface area contributed by atoms with Crippen LogP contribution < -0.4 is 0 Å². The van der Waals surface area contributed by atoms with Crippen LogP contribution in [0.1, 0.15) is 41.2 Å². The quantitative estimate of drug-likeness (QED) is 0.678. The minimum Gasteiger partial charge on any atom is -0.332 e. The molecule has 25 heavy (non-hydrogen) atoms. The SMILES string of the molecule is O=C(c1ccnc2ccccc12)N1CCCC[C@@H]1c1ccc(F)cc1. The lowest BCUT2D eigenvalue weighted by Gasteiger charge is -2.36. The number of carbonyl (C=O) groups excluding carboxylic acids is 1. The molecule has 0 N–H and O–H groups in total. The van der Waals surface area contributed by atoms with Gasteiger partial charge in [-0.25, -0.2) is 4.39 Å². The Balaban J connectivity index is 1.72. The van der Waals surface area contributed by atoms with Gasteiger partial charge in [0, 0.05) is 18.1 Å². The molecule has 1 aromatic heterocycles. The van der Waals surface area contributed by atoms with Crippen LogP contribution in [0.2, 0.25) is 0 Å². The third-order valence-corrected chi connectivity index (χ3v) is 4.90. The minimum atomic E-state index is -0.252. The molecule has 1 aliphatic heterocycles. The van der Waals surface area contributed by atoms with Gasteiger partial charge in [-0.05, 0) is 49.1 Å². The Hall–Kier alpha value is -2.75. The second-order valence-corrected chi connectivity index (χ2v) is 6.44. The van der Waals surface area contributed by atoms with E-state index in [1.807, 2.05) is 29.2 Å². The maximum absolute atomic E-state index is 13.3. The summed E-state index contributed by atoms with van der Waals surface area (Å²) in [5, 5.41) is 0.874. The van der Waals surface area contributed by atoms with Crippen molar-refractivity contribution in [2.24, 2.45) is 0 Å². The molecule has 126 valence electrons. The molecule has 4 heteroatoms. The van der Waals surface area contributed by atoms with Crippen LogP contribution in [0.5, 0.6) is 0 Å². The average Bonchev–Trinajstić information content (AvgIpc) is 2.68. The Bertz CT molecular complexity index is 902. The van der Waals surface area contributed by atoms with Crippen LogP contribution in [0.15, 0.2) is 60.8 Å². The number of fused-ring (bicyclic) bond motifs is 1. The van der Waals surface area contributed by atoms with Crippen LogP contribution in [0.25, 0.3) is 10.9 Å². The Morgan fingerprint density at radius 2 is 1.84 bits per heavy atom. The lowest BCUT2D eigenvalue weighted by atomic mass is 9.94. The van der Waals surface area contributed by atoms with E-state index in [1.165, 1.54) is 12.1 Å². The number of hydrogen-bond acceptors (Lipinski definition) is 2. The van der Waals surface area contributed by atoms with E-state index >= 15 is 0 Å². The van der Waals surface area contributed by atoms with Crippen molar-refractivity contribution in [3.63, 3.8) is 0 Å². The Morgan fingerprint density at radius 1 is 1.04 bits per heavy atom. The van der Waals surface area contributed by atoms with Crippen molar-refractivity contribution in [2.45, 2.75) is 25.3 Å². The second-order valence-electron chi connectivity index (χ2n) is 6.44. The van der Waals surface area contributed by atoms with Crippen LogP contribution in [0.4, 0.5) is 4.39 Å². The van der Waals surface area contributed by atoms with Crippen LogP contribution in [-0.4, -0.2) is 22.3 Å². The molecule has 2 aromatic carbocycles. The number of pyridine rings is 1. The van der Waals surface area contributed by atoms with Crippen molar-refractivity contribution >= 4 is 16.8 Å². The highest BCUT2D eigenvalue weighted by Gasteiger charge is 2.29. The van der Waals surface area contributed by atoms with Gasteiger partial charge in [0.25, 0.3) is 5.91 Å². The van der Waals surface area contributed by atoms with E-state index < -0.39 is 0 Å². The minimum absolute atomic E-state index is 0.00576. The maximum atomic E-state index is 13.3. The predicted octanol–water partition coefficient (Wildman–Crippen LogP) is 4.74. The molecule has 2 heterocycles. The van der Waals surface area contributed by atoms with Gasteiger partial charge in [-0.1, -0.05) is 30.3 Å². The molecule has 0 spiro atoms. The Labute approximate surface area is 146 Å².